The number of fused-ring (bicyclic) bond motifs is 2. The van der Waals surface area contributed by atoms with Gasteiger partial charge in [-0.2, -0.15) is 0 Å². The van der Waals surface area contributed by atoms with Gasteiger partial charge in [-0.3, -0.25) is 19.7 Å². The second kappa shape index (κ2) is 13.0. The van der Waals surface area contributed by atoms with Gasteiger partial charge in [-0.1, -0.05) is 41.4 Å². The summed E-state index contributed by atoms with van der Waals surface area (Å²) < 4.78 is 5.91. The molecule has 0 bridgehead atoms. The summed E-state index contributed by atoms with van der Waals surface area (Å²) in [6, 6.07) is 22.2. The molecule has 2 aromatic heterocycles. The number of hydrogen-bond donors (Lipinski definition) is 3. The Bertz CT molecular complexity index is 2000. The largest absolute Gasteiger partial charge is 0.506 e. The Hall–Kier alpha value is -4.96. The number of aromatic nitrogens is 2. The van der Waals surface area contributed by atoms with E-state index in [0.717, 1.165) is 11.4 Å². The van der Waals surface area contributed by atoms with E-state index in [9.17, 15) is 19.8 Å². The van der Waals surface area contributed by atoms with E-state index in [0.29, 0.717) is 53.9 Å². The maximum Gasteiger partial charge on any atom is 0.336 e. The minimum absolute atomic E-state index is 0.0131. The number of nitrogens with zero attached hydrogens (tertiary/aromatic N) is 3. The summed E-state index contributed by atoms with van der Waals surface area (Å²) in [6.07, 6.45) is 3.53. The molecule has 2 aromatic carbocycles. The number of halogens is 2. The number of anilines is 1. The number of pyridine rings is 2. The van der Waals surface area contributed by atoms with Gasteiger partial charge in [0.2, 0.25) is 5.43 Å². The average molecular weight is 642 g/mol. The van der Waals surface area contributed by atoms with Gasteiger partial charge in [-0.05, 0) is 54.1 Å². The highest BCUT2D eigenvalue weighted by molar-refractivity contribution is 6.33. The third-order valence-corrected chi connectivity index (χ3v) is 7.94. The first-order chi connectivity index (χ1) is 21.8. The lowest BCUT2D eigenvalue weighted by Gasteiger charge is -2.22. The molecule has 45 heavy (non-hydrogen) atoms. The first kappa shape index (κ1) is 30.1. The lowest BCUT2D eigenvalue weighted by molar-refractivity contribution is 0.0697. The number of hydrogen-bond acceptors (Lipinski definition) is 8. The van der Waals surface area contributed by atoms with E-state index in [1.807, 2.05) is 36.4 Å². The lowest BCUT2D eigenvalue weighted by Crippen LogP contribution is -2.29. The zero-order valence-corrected chi connectivity index (χ0v) is 25.2. The zero-order valence-electron chi connectivity index (χ0n) is 23.7. The van der Waals surface area contributed by atoms with Crippen LogP contribution in [0.5, 0.6) is 5.75 Å². The van der Waals surface area contributed by atoms with Crippen molar-refractivity contribution in [2.75, 3.05) is 18.4 Å². The molecule has 0 amide bonds. The Balaban J connectivity index is 1.33. The van der Waals surface area contributed by atoms with Gasteiger partial charge in [0, 0.05) is 72.9 Å². The number of aromatic carboxylic acids is 1. The summed E-state index contributed by atoms with van der Waals surface area (Å²) >= 11 is 12.5. The molecule has 0 radical (unpaired) electrons. The highest BCUT2D eigenvalue weighted by atomic mass is 35.5. The number of carbonyl (C=O) groups is 1. The van der Waals surface area contributed by atoms with Gasteiger partial charge in [0.25, 0.3) is 0 Å². The summed E-state index contributed by atoms with van der Waals surface area (Å²) in [5, 5.41) is 24.4. The number of carboxylic acid groups (broad SMARTS) is 1. The quantitative estimate of drug-likeness (QED) is 0.133. The predicted molar refractivity (Wildman–Crippen MR) is 174 cm³/mol. The van der Waals surface area contributed by atoms with Crippen molar-refractivity contribution in [3.05, 3.63) is 128 Å². The van der Waals surface area contributed by atoms with Crippen LogP contribution in [0.3, 0.4) is 0 Å². The fourth-order valence-electron chi connectivity index (χ4n) is 5.25. The molecule has 0 atom stereocenters. The highest BCUT2D eigenvalue weighted by Gasteiger charge is 2.24. The standard InChI is InChI=1S/C34H26Cl2N4O5/c35-27-14-25-31(16-29(27)41)45-32-17-30(42)28(36)15-26(32)33(25)23-8-7-20(13-24(23)34(43)44)39-11-12-40(18-21-5-1-3-9-37-21)19-22-6-2-4-10-38-22/h1-10,13-17,39,41H,11-12,18-19H2,(H,43,44). The van der Waals surface area contributed by atoms with Crippen LogP contribution in [0, 0.1) is 0 Å². The van der Waals surface area contributed by atoms with Crippen molar-refractivity contribution < 1.29 is 19.4 Å². The van der Waals surface area contributed by atoms with Crippen molar-refractivity contribution in [1.82, 2.24) is 14.9 Å². The molecule has 0 spiro atoms. The topological polar surface area (TPSA) is 129 Å². The molecule has 6 rings (SSSR count). The zero-order chi connectivity index (χ0) is 31.5. The van der Waals surface area contributed by atoms with E-state index in [1.165, 1.54) is 24.3 Å². The Morgan fingerprint density at radius 3 is 2.22 bits per heavy atom. The molecular weight excluding hydrogens is 615 g/mol. The molecule has 1 aliphatic heterocycles. The lowest BCUT2D eigenvalue weighted by atomic mass is 9.90. The van der Waals surface area contributed by atoms with Gasteiger partial charge in [0.05, 0.1) is 27.0 Å². The monoisotopic (exact) mass is 640 g/mol. The van der Waals surface area contributed by atoms with Gasteiger partial charge < -0.3 is 19.9 Å². The molecule has 0 fully saturated rings. The van der Waals surface area contributed by atoms with Crippen LogP contribution in [-0.4, -0.2) is 44.1 Å². The number of carboxylic acids is 1. The van der Waals surface area contributed by atoms with Crippen molar-refractivity contribution in [2.45, 2.75) is 13.1 Å². The number of benzene rings is 3. The first-order valence-electron chi connectivity index (χ1n) is 14.0. The fraction of sp³-hybridized carbons (Fsp3) is 0.118. The van der Waals surface area contributed by atoms with Crippen molar-refractivity contribution in [1.29, 1.82) is 0 Å². The van der Waals surface area contributed by atoms with Crippen LogP contribution in [0.2, 0.25) is 10.0 Å². The molecule has 0 saturated carbocycles. The Kier molecular flexibility index (Phi) is 8.66. The van der Waals surface area contributed by atoms with E-state index in [-0.39, 0.29) is 32.7 Å². The van der Waals surface area contributed by atoms with E-state index >= 15 is 0 Å². The Morgan fingerprint density at radius 2 is 1.58 bits per heavy atom. The second-order valence-electron chi connectivity index (χ2n) is 10.4. The summed E-state index contributed by atoms with van der Waals surface area (Å²) in [7, 11) is 0. The summed E-state index contributed by atoms with van der Waals surface area (Å²) in [4.78, 5) is 36.1. The predicted octanol–water partition coefficient (Wildman–Crippen LogP) is 7.18. The minimum Gasteiger partial charge on any atom is -0.506 e. The van der Waals surface area contributed by atoms with E-state index in [4.69, 9.17) is 27.6 Å². The van der Waals surface area contributed by atoms with Crippen molar-refractivity contribution in [3.8, 4) is 28.2 Å². The number of nitrogens with one attached hydrogen (secondary N) is 1. The summed E-state index contributed by atoms with van der Waals surface area (Å²) in [6.45, 7) is 2.38. The molecule has 3 heterocycles. The van der Waals surface area contributed by atoms with E-state index in [2.05, 4.69) is 20.2 Å². The van der Waals surface area contributed by atoms with E-state index in [1.54, 1.807) is 30.6 Å². The van der Waals surface area contributed by atoms with Crippen LogP contribution in [0.15, 0.2) is 100 Å². The van der Waals surface area contributed by atoms with Gasteiger partial charge in [-0.25, -0.2) is 4.79 Å². The number of phenols is 1. The third-order valence-electron chi connectivity index (χ3n) is 7.34. The molecule has 0 saturated heterocycles. The van der Waals surface area contributed by atoms with Crippen molar-refractivity contribution in [3.63, 3.8) is 0 Å². The van der Waals surface area contributed by atoms with Crippen LogP contribution >= 0.6 is 23.2 Å². The fourth-order valence-corrected chi connectivity index (χ4v) is 5.58. The molecule has 0 unspecified atom stereocenters. The number of rotatable bonds is 10. The van der Waals surface area contributed by atoms with Gasteiger partial charge in [0.15, 0.2) is 0 Å². The molecule has 1 aliphatic carbocycles. The molecule has 226 valence electrons. The molecular formula is C34H26Cl2N4O5. The van der Waals surface area contributed by atoms with Crippen LogP contribution in [-0.2, 0) is 13.1 Å². The smallest absolute Gasteiger partial charge is 0.336 e. The number of phenolic OH excluding ortho intramolecular Hbond substituents is 1. The minimum atomic E-state index is -1.15. The number of aromatic hydroxyl groups is 1. The van der Waals surface area contributed by atoms with Gasteiger partial charge >= 0.3 is 5.97 Å². The molecule has 11 heteroatoms. The average Bonchev–Trinajstić information content (AvgIpc) is 3.03. The maximum absolute atomic E-state index is 12.6. The summed E-state index contributed by atoms with van der Waals surface area (Å²) in [5.41, 5.74) is 3.50. The van der Waals surface area contributed by atoms with Crippen LogP contribution in [0.4, 0.5) is 5.69 Å². The molecule has 2 aliphatic rings. The van der Waals surface area contributed by atoms with Crippen LogP contribution in [0.25, 0.3) is 33.4 Å². The molecule has 4 aromatic rings. The van der Waals surface area contributed by atoms with Crippen molar-refractivity contribution >= 4 is 45.8 Å². The second-order valence-corrected chi connectivity index (χ2v) is 11.2. The van der Waals surface area contributed by atoms with Gasteiger partial charge in [0.1, 0.15) is 17.1 Å². The Labute approximate surface area is 267 Å². The molecule has 3 N–H and O–H groups in total. The first-order valence-corrected chi connectivity index (χ1v) is 14.7. The van der Waals surface area contributed by atoms with Crippen molar-refractivity contribution in [2.24, 2.45) is 0 Å². The van der Waals surface area contributed by atoms with Crippen LogP contribution in [0.1, 0.15) is 21.7 Å². The maximum atomic E-state index is 12.6. The highest BCUT2D eigenvalue weighted by Crippen LogP contribution is 2.44. The van der Waals surface area contributed by atoms with E-state index < -0.39 is 11.4 Å². The summed E-state index contributed by atoms with van der Waals surface area (Å²) in [5.74, 6) is -1.18. The third kappa shape index (κ3) is 6.61. The SMILES string of the molecule is O=C(O)c1cc(NCCN(Cc2ccccn2)Cc2ccccn2)ccc1-c1c2cc(Cl)c(=O)cc-2oc2cc(O)c(Cl)cc12. The molecule has 9 nitrogen and oxygen atoms in total. The Morgan fingerprint density at radius 1 is 0.867 bits per heavy atom. The van der Waals surface area contributed by atoms with Crippen LogP contribution < -0.4 is 10.7 Å². The normalized spacial score (nSPS) is 11.4. The van der Waals surface area contributed by atoms with Gasteiger partial charge in [-0.15, -0.1) is 0 Å².